The molecule has 3 aromatic rings. The third-order valence-corrected chi connectivity index (χ3v) is 4.23. The summed E-state index contributed by atoms with van der Waals surface area (Å²) in [4.78, 5) is 12.6. The molecule has 0 spiro atoms. The predicted molar refractivity (Wildman–Crippen MR) is 105 cm³/mol. The largest absolute Gasteiger partial charge is 0.491 e. The number of anilines is 1. The summed E-state index contributed by atoms with van der Waals surface area (Å²) in [6.45, 7) is 3.90. The van der Waals surface area contributed by atoms with Gasteiger partial charge in [0.05, 0.1) is 6.10 Å². The summed E-state index contributed by atoms with van der Waals surface area (Å²) in [6, 6.07) is 18.0. The summed E-state index contributed by atoms with van der Waals surface area (Å²) in [6.07, 6.45) is 0.991. The second-order valence-electron chi connectivity index (χ2n) is 6.32. The van der Waals surface area contributed by atoms with Gasteiger partial charge in [0, 0.05) is 16.8 Å². The lowest BCUT2D eigenvalue weighted by Crippen LogP contribution is -2.13. The quantitative estimate of drug-likeness (QED) is 0.627. The van der Waals surface area contributed by atoms with Crippen LogP contribution in [-0.2, 0) is 6.61 Å². The number of benzene rings is 2. The van der Waals surface area contributed by atoms with Crippen molar-refractivity contribution in [2.24, 2.45) is 0 Å². The van der Waals surface area contributed by atoms with Crippen LogP contribution in [-0.4, -0.2) is 17.1 Å². The molecule has 2 N–H and O–H groups in total. The number of furan rings is 1. The number of rotatable bonds is 7. The molecule has 140 valence electrons. The number of hydrogen-bond donors (Lipinski definition) is 2. The van der Waals surface area contributed by atoms with Crippen LogP contribution in [0.3, 0.4) is 0 Å². The van der Waals surface area contributed by atoms with Crippen molar-refractivity contribution >= 4 is 11.6 Å². The van der Waals surface area contributed by atoms with Crippen LogP contribution in [0.1, 0.15) is 36.4 Å². The summed E-state index contributed by atoms with van der Waals surface area (Å²) < 4.78 is 11.3. The molecule has 0 saturated heterocycles. The molecule has 1 aromatic heterocycles. The van der Waals surface area contributed by atoms with Gasteiger partial charge in [-0.15, -0.1) is 0 Å². The number of carbonyl (C=O) groups excluding carboxylic acids is 1. The lowest BCUT2D eigenvalue weighted by molar-refractivity contribution is 0.102. The normalized spacial score (nSPS) is 11.8. The highest BCUT2D eigenvalue weighted by Gasteiger charge is 2.10. The maximum atomic E-state index is 12.6. The Morgan fingerprint density at radius 2 is 1.96 bits per heavy atom. The highest BCUT2D eigenvalue weighted by atomic mass is 16.5. The second-order valence-corrected chi connectivity index (χ2v) is 6.32. The summed E-state index contributed by atoms with van der Waals surface area (Å²) in [5.74, 6) is 1.60. The number of hydrogen-bond acceptors (Lipinski definition) is 4. The number of nitrogens with one attached hydrogen (secondary N) is 1. The van der Waals surface area contributed by atoms with E-state index in [4.69, 9.17) is 14.3 Å². The first-order valence-corrected chi connectivity index (χ1v) is 8.97. The summed E-state index contributed by atoms with van der Waals surface area (Å²) in [7, 11) is 0. The Kier molecular flexibility index (Phi) is 5.94. The van der Waals surface area contributed by atoms with E-state index in [0.717, 1.165) is 12.0 Å². The summed E-state index contributed by atoms with van der Waals surface area (Å²) in [5, 5.41) is 12.0. The lowest BCUT2D eigenvalue weighted by atomic mass is 10.1. The molecule has 0 aliphatic carbocycles. The minimum atomic E-state index is -0.211. The van der Waals surface area contributed by atoms with Gasteiger partial charge in [-0.05, 0) is 55.8 Å². The zero-order chi connectivity index (χ0) is 19.2. The maximum Gasteiger partial charge on any atom is 0.255 e. The molecule has 0 aliphatic heterocycles. The molecule has 0 aliphatic rings. The molecule has 27 heavy (non-hydrogen) atoms. The van der Waals surface area contributed by atoms with Crippen molar-refractivity contribution < 1.29 is 19.1 Å². The van der Waals surface area contributed by atoms with Crippen molar-refractivity contribution in [3.05, 3.63) is 72.0 Å². The Labute approximate surface area is 158 Å². The zero-order valence-electron chi connectivity index (χ0n) is 15.4. The molecule has 0 saturated carbocycles. The molecule has 0 unspecified atom stereocenters. The topological polar surface area (TPSA) is 71.7 Å². The van der Waals surface area contributed by atoms with E-state index in [0.29, 0.717) is 28.5 Å². The van der Waals surface area contributed by atoms with Crippen molar-refractivity contribution in [2.75, 3.05) is 5.32 Å². The fourth-order valence-electron chi connectivity index (χ4n) is 2.60. The highest BCUT2D eigenvalue weighted by molar-refractivity contribution is 6.04. The van der Waals surface area contributed by atoms with Crippen LogP contribution in [0.2, 0.25) is 0 Å². The van der Waals surface area contributed by atoms with Crippen LogP contribution < -0.4 is 10.1 Å². The Hall–Kier alpha value is -3.05. The third-order valence-electron chi connectivity index (χ3n) is 4.23. The van der Waals surface area contributed by atoms with E-state index in [9.17, 15) is 4.79 Å². The van der Waals surface area contributed by atoms with Gasteiger partial charge in [-0.1, -0.05) is 25.1 Å². The Morgan fingerprint density at radius 1 is 1.15 bits per heavy atom. The molecule has 1 amide bonds. The van der Waals surface area contributed by atoms with Crippen LogP contribution in [0, 0.1) is 0 Å². The number of aliphatic hydroxyl groups excluding tert-OH is 1. The fraction of sp³-hybridized carbons (Fsp3) is 0.227. The van der Waals surface area contributed by atoms with E-state index in [-0.39, 0.29) is 18.6 Å². The fourth-order valence-corrected chi connectivity index (χ4v) is 2.60. The molecular formula is C22H23NO4. The van der Waals surface area contributed by atoms with Gasteiger partial charge in [-0.3, -0.25) is 4.79 Å². The highest BCUT2D eigenvalue weighted by Crippen LogP contribution is 2.25. The Balaban J connectivity index is 1.74. The van der Waals surface area contributed by atoms with E-state index in [1.165, 1.54) is 0 Å². The van der Waals surface area contributed by atoms with E-state index in [1.807, 2.05) is 43.3 Å². The van der Waals surface area contributed by atoms with Crippen LogP contribution in [0.5, 0.6) is 5.75 Å². The van der Waals surface area contributed by atoms with Crippen molar-refractivity contribution in [1.82, 2.24) is 0 Å². The Morgan fingerprint density at radius 3 is 2.70 bits per heavy atom. The van der Waals surface area contributed by atoms with Gasteiger partial charge in [-0.25, -0.2) is 0 Å². The van der Waals surface area contributed by atoms with Crippen molar-refractivity contribution in [3.63, 3.8) is 0 Å². The molecule has 0 radical (unpaired) electrons. The smallest absolute Gasteiger partial charge is 0.255 e. The lowest BCUT2D eigenvalue weighted by Gasteiger charge is -2.13. The van der Waals surface area contributed by atoms with Gasteiger partial charge in [0.25, 0.3) is 5.91 Å². The maximum absolute atomic E-state index is 12.6. The minimum absolute atomic E-state index is 0.0945. The predicted octanol–water partition coefficient (Wildman–Crippen LogP) is 4.87. The number of aliphatic hydroxyl groups is 1. The third kappa shape index (κ3) is 4.77. The molecule has 0 bridgehead atoms. The van der Waals surface area contributed by atoms with E-state index >= 15 is 0 Å². The van der Waals surface area contributed by atoms with Gasteiger partial charge in [-0.2, -0.15) is 0 Å². The average molecular weight is 365 g/mol. The van der Waals surface area contributed by atoms with Gasteiger partial charge >= 0.3 is 0 Å². The molecular weight excluding hydrogens is 342 g/mol. The minimum Gasteiger partial charge on any atom is -0.491 e. The first kappa shape index (κ1) is 18.7. The molecule has 5 heteroatoms. The standard InChI is InChI=1S/C22H23NO4/c1-3-15(2)26-19-9-5-7-17(13-19)22(25)23-18-8-4-6-16(12-18)21-11-10-20(14-24)27-21/h4-13,15,24H,3,14H2,1-2H3,(H,23,25)/t15-/m0/s1. The van der Waals surface area contributed by atoms with Gasteiger partial charge < -0.3 is 19.6 Å². The van der Waals surface area contributed by atoms with Crippen LogP contribution in [0.4, 0.5) is 5.69 Å². The second kappa shape index (κ2) is 8.56. The van der Waals surface area contributed by atoms with Gasteiger partial charge in [0.2, 0.25) is 0 Å². The van der Waals surface area contributed by atoms with E-state index < -0.39 is 0 Å². The van der Waals surface area contributed by atoms with Gasteiger partial charge in [0.1, 0.15) is 23.9 Å². The molecule has 2 aromatic carbocycles. The molecule has 1 heterocycles. The monoisotopic (exact) mass is 365 g/mol. The van der Waals surface area contributed by atoms with E-state index in [1.54, 1.807) is 24.3 Å². The summed E-state index contributed by atoms with van der Waals surface area (Å²) in [5.41, 5.74) is 2.01. The van der Waals surface area contributed by atoms with Crippen molar-refractivity contribution in [1.29, 1.82) is 0 Å². The SMILES string of the molecule is CC[C@H](C)Oc1cccc(C(=O)Nc2cccc(-c3ccc(CO)o3)c2)c1. The zero-order valence-corrected chi connectivity index (χ0v) is 15.4. The first-order valence-electron chi connectivity index (χ1n) is 8.97. The van der Waals surface area contributed by atoms with Gasteiger partial charge in [0.15, 0.2) is 0 Å². The number of amides is 1. The van der Waals surface area contributed by atoms with Crippen LogP contribution in [0.15, 0.2) is 65.1 Å². The first-order chi connectivity index (χ1) is 13.1. The molecule has 0 fully saturated rings. The van der Waals surface area contributed by atoms with E-state index in [2.05, 4.69) is 12.2 Å². The van der Waals surface area contributed by atoms with Crippen molar-refractivity contribution in [2.45, 2.75) is 33.0 Å². The number of ether oxygens (including phenoxy) is 1. The summed E-state index contributed by atoms with van der Waals surface area (Å²) >= 11 is 0. The Bertz CT molecular complexity index is 916. The van der Waals surface area contributed by atoms with Crippen LogP contribution >= 0.6 is 0 Å². The van der Waals surface area contributed by atoms with Crippen LogP contribution in [0.25, 0.3) is 11.3 Å². The molecule has 3 rings (SSSR count). The average Bonchev–Trinajstić information content (AvgIpc) is 3.17. The number of carbonyl (C=O) groups is 1. The molecule has 1 atom stereocenters. The van der Waals surface area contributed by atoms with Crippen molar-refractivity contribution in [3.8, 4) is 17.1 Å². The molecule has 5 nitrogen and oxygen atoms in total.